The summed E-state index contributed by atoms with van der Waals surface area (Å²) in [6.45, 7) is 4.63. The van der Waals surface area contributed by atoms with Gasteiger partial charge >= 0.3 is 0 Å². The van der Waals surface area contributed by atoms with Crippen LogP contribution < -0.4 is 10.5 Å². The molecule has 0 atom stereocenters. The fraction of sp³-hybridized carbons (Fsp3) is 0.455. The van der Waals surface area contributed by atoms with Gasteiger partial charge in [0.05, 0.1) is 0 Å². The van der Waals surface area contributed by atoms with Crippen LogP contribution in [0.4, 0.5) is 5.69 Å². The van der Waals surface area contributed by atoms with Gasteiger partial charge in [-0.3, -0.25) is 0 Å². The Kier molecular flexibility index (Phi) is 4.92. The van der Waals surface area contributed by atoms with E-state index in [2.05, 4.69) is 4.72 Å². The fourth-order valence-corrected chi connectivity index (χ4v) is 2.70. The summed E-state index contributed by atoms with van der Waals surface area (Å²) in [5.74, 6) is 0. The maximum absolute atomic E-state index is 11.9. The fourth-order valence-electron chi connectivity index (χ4n) is 1.51. The molecular weight excluding hydrogens is 238 g/mol. The third kappa shape index (κ3) is 3.69. The molecule has 0 aromatic heterocycles. The molecule has 5 nitrogen and oxygen atoms in total. The lowest BCUT2D eigenvalue weighted by atomic mass is 10.2. The summed E-state index contributed by atoms with van der Waals surface area (Å²) in [5, 5.41) is 0. The number of nitrogens with zero attached hydrogens (tertiary/aromatic N) is 1. The number of anilines is 1. The first kappa shape index (κ1) is 14.0. The number of para-hydroxylation sites is 1. The average molecular weight is 257 g/mol. The zero-order valence-electron chi connectivity index (χ0n) is 10.2. The van der Waals surface area contributed by atoms with E-state index < -0.39 is 10.2 Å². The Morgan fingerprint density at radius 1 is 1.29 bits per heavy atom. The van der Waals surface area contributed by atoms with E-state index in [-0.39, 0.29) is 0 Å². The van der Waals surface area contributed by atoms with Crippen molar-refractivity contribution < 1.29 is 8.42 Å². The largest absolute Gasteiger partial charge is 0.398 e. The first-order chi connectivity index (χ1) is 8.01. The molecule has 0 aliphatic rings. The van der Waals surface area contributed by atoms with Crippen LogP contribution in [0.15, 0.2) is 24.3 Å². The molecule has 0 saturated carbocycles. The zero-order chi connectivity index (χ0) is 12.9. The number of hydrogen-bond acceptors (Lipinski definition) is 3. The quantitative estimate of drug-likeness (QED) is 0.745. The van der Waals surface area contributed by atoms with Crippen molar-refractivity contribution in [3.05, 3.63) is 29.8 Å². The Morgan fingerprint density at radius 2 is 1.94 bits per heavy atom. The summed E-state index contributed by atoms with van der Waals surface area (Å²) in [7, 11) is -3.41. The molecule has 1 aromatic rings. The molecule has 0 spiro atoms. The first-order valence-electron chi connectivity index (χ1n) is 5.59. The standard InChI is InChI=1S/C11H19N3O2S/c1-3-13-17(15,16)14(4-2)9-10-7-5-6-8-11(10)12/h5-8,13H,3-4,9,12H2,1-2H3. The van der Waals surface area contributed by atoms with Gasteiger partial charge in [0.1, 0.15) is 0 Å². The van der Waals surface area contributed by atoms with Gasteiger partial charge in [-0.1, -0.05) is 32.0 Å². The van der Waals surface area contributed by atoms with Gasteiger partial charge in [0, 0.05) is 25.3 Å². The number of nitrogens with one attached hydrogen (secondary N) is 1. The van der Waals surface area contributed by atoms with E-state index in [1.54, 1.807) is 19.9 Å². The van der Waals surface area contributed by atoms with Gasteiger partial charge in [0.25, 0.3) is 10.2 Å². The van der Waals surface area contributed by atoms with Crippen molar-refractivity contribution in [2.75, 3.05) is 18.8 Å². The second-order valence-electron chi connectivity index (χ2n) is 3.63. The number of rotatable bonds is 6. The predicted octanol–water partition coefficient (Wildman–Crippen LogP) is 0.945. The molecule has 0 unspecified atom stereocenters. The van der Waals surface area contributed by atoms with Crippen LogP contribution in [0, 0.1) is 0 Å². The van der Waals surface area contributed by atoms with Crippen molar-refractivity contribution in [2.45, 2.75) is 20.4 Å². The van der Waals surface area contributed by atoms with Crippen LogP contribution in [0.2, 0.25) is 0 Å². The van der Waals surface area contributed by atoms with E-state index in [9.17, 15) is 8.42 Å². The molecule has 0 fully saturated rings. The van der Waals surface area contributed by atoms with Crippen LogP contribution >= 0.6 is 0 Å². The molecule has 17 heavy (non-hydrogen) atoms. The monoisotopic (exact) mass is 257 g/mol. The third-order valence-corrected chi connectivity index (χ3v) is 4.14. The highest BCUT2D eigenvalue weighted by Crippen LogP contribution is 2.14. The van der Waals surface area contributed by atoms with Crippen LogP contribution in [0.5, 0.6) is 0 Å². The first-order valence-corrected chi connectivity index (χ1v) is 7.03. The van der Waals surface area contributed by atoms with Gasteiger partial charge in [-0.25, -0.2) is 4.72 Å². The molecular formula is C11H19N3O2S. The second kappa shape index (κ2) is 6.00. The lowest BCUT2D eigenvalue weighted by Gasteiger charge is -2.21. The van der Waals surface area contributed by atoms with Gasteiger partial charge in [-0.2, -0.15) is 12.7 Å². The Balaban J connectivity index is 2.88. The van der Waals surface area contributed by atoms with Crippen LogP contribution in [0.1, 0.15) is 19.4 Å². The van der Waals surface area contributed by atoms with Gasteiger partial charge in [0.2, 0.25) is 0 Å². The Morgan fingerprint density at radius 3 is 2.47 bits per heavy atom. The number of nitrogen functional groups attached to an aromatic ring is 1. The molecule has 0 bridgehead atoms. The number of benzene rings is 1. The third-order valence-electron chi connectivity index (χ3n) is 2.42. The average Bonchev–Trinajstić information content (AvgIpc) is 2.27. The van der Waals surface area contributed by atoms with E-state index in [4.69, 9.17) is 5.73 Å². The molecule has 1 rings (SSSR count). The number of nitrogens with two attached hydrogens (primary N) is 1. The molecule has 3 N–H and O–H groups in total. The highest BCUT2D eigenvalue weighted by atomic mass is 32.2. The van der Waals surface area contributed by atoms with E-state index in [0.717, 1.165) is 5.56 Å². The second-order valence-corrected chi connectivity index (χ2v) is 5.38. The predicted molar refractivity (Wildman–Crippen MR) is 69.5 cm³/mol. The minimum atomic E-state index is -3.41. The summed E-state index contributed by atoms with van der Waals surface area (Å²) >= 11 is 0. The van der Waals surface area contributed by atoms with Gasteiger partial charge in [-0.15, -0.1) is 0 Å². The lowest BCUT2D eigenvalue weighted by molar-refractivity contribution is 0.416. The van der Waals surface area contributed by atoms with E-state index in [0.29, 0.717) is 25.3 Å². The van der Waals surface area contributed by atoms with Crippen molar-refractivity contribution in [2.24, 2.45) is 0 Å². The van der Waals surface area contributed by atoms with Crippen molar-refractivity contribution in [3.8, 4) is 0 Å². The molecule has 6 heteroatoms. The SMILES string of the molecule is CCNS(=O)(=O)N(CC)Cc1ccccc1N. The molecule has 0 amide bonds. The Hall–Kier alpha value is -1.11. The summed E-state index contributed by atoms with van der Waals surface area (Å²) < 4.78 is 27.5. The Labute approximate surface area is 103 Å². The van der Waals surface area contributed by atoms with E-state index >= 15 is 0 Å². The normalized spacial score (nSPS) is 11.9. The van der Waals surface area contributed by atoms with Gasteiger partial charge in [0.15, 0.2) is 0 Å². The Bertz CT molecular complexity index is 460. The van der Waals surface area contributed by atoms with E-state index in [1.807, 2.05) is 18.2 Å². The van der Waals surface area contributed by atoms with Crippen LogP contribution in [0.3, 0.4) is 0 Å². The maximum Gasteiger partial charge on any atom is 0.279 e. The highest BCUT2D eigenvalue weighted by molar-refractivity contribution is 7.87. The van der Waals surface area contributed by atoms with Crippen LogP contribution in [0.25, 0.3) is 0 Å². The molecule has 0 aliphatic carbocycles. The minimum absolute atomic E-state index is 0.290. The minimum Gasteiger partial charge on any atom is -0.398 e. The van der Waals surface area contributed by atoms with Crippen molar-refractivity contribution >= 4 is 15.9 Å². The van der Waals surface area contributed by atoms with Crippen molar-refractivity contribution in [1.82, 2.24) is 9.03 Å². The van der Waals surface area contributed by atoms with Crippen molar-refractivity contribution in [1.29, 1.82) is 0 Å². The molecule has 0 radical (unpaired) electrons. The lowest BCUT2D eigenvalue weighted by Crippen LogP contribution is -2.40. The molecule has 0 heterocycles. The molecule has 1 aromatic carbocycles. The summed E-state index contributed by atoms with van der Waals surface area (Å²) in [6.07, 6.45) is 0. The topological polar surface area (TPSA) is 75.4 Å². The summed E-state index contributed by atoms with van der Waals surface area (Å²) in [4.78, 5) is 0. The summed E-state index contributed by atoms with van der Waals surface area (Å²) in [5.41, 5.74) is 7.22. The van der Waals surface area contributed by atoms with Crippen LogP contribution in [-0.2, 0) is 16.8 Å². The molecule has 0 aliphatic heterocycles. The molecule has 0 saturated heterocycles. The van der Waals surface area contributed by atoms with E-state index in [1.165, 1.54) is 4.31 Å². The molecule has 96 valence electrons. The zero-order valence-corrected chi connectivity index (χ0v) is 11.0. The smallest absolute Gasteiger partial charge is 0.279 e. The maximum atomic E-state index is 11.9. The van der Waals surface area contributed by atoms with Crippen molar-refractivity contribution in [3.63, 3.8) is 0 Å². The summed E-state index contributed by atoms with van der Waals surface area (Å²) in [6, 6.07) is 7.27. The van der Waals surface area contributed by atoms with Gasteiger partial charge in [-0.05, 0) is 11.6 Å². The number of hydrogen-bond donors (Lipinski definition) is 2. The highest BCUT2D eigenvalue weighted by Gasteiger charge is 2.19. The van der Waals surface area contributed by atoms with Crippen LogP contribution in [-0.4, -0.2) is 25.8 Å². The van der Waals surface area contributed by atoms with Gasteiger partial charge < -0.3 is 5.73 Å².